The molecule has 3 unspecified atom stereocenters. The highest BCUT2D eigenvalue weighted by Crippen LogP contribution is 2.37. The lowest BCUT2D eigenvalue weighted by atomic mass is 9.83. The van der Waals surface area contributed by atoms with Crippen LogP contribution in [0.1, 0.15) is 42.1 Å². The number of ether oxygens (including phenoxy) is 1. The number of nitrogens with two attached hydrogens (primary N) is 1. The van der Waals surface area contributed by atoms with Crippen LogP contribution in [-0.4, -0.2) is 57.2 Å². The standard InChI is InChI=1S/C25H30FN7O3S/c1-3-21-29-19(15-37-21)17-6-4-16(5-7-17)12-32-11-9-25(8-10-27,20(26)14-32)33-13-18(22(28)34)23(31-33)30-24(35)36-2/h4-7,13,15,20,22,34H,3,8-9,11-12,14,28H2,1-2H3,(H,30,31,35). The monoisotopic (exact) mass is 527 g/mol. The number of likely N-dealkylation sites (tertiary alicyclic amines) is 1. The lowest BCUT2D eigenvalue weighted by Crippen LogP contribution is -2.54. The van der Waals surface area contributed by atoms with Crippen LogP contribution < -0.4 is 11.1 Å². The number of piperidine rings is 1. The molecule has 12 heteroatoms. The van der Waals surface area contributed by atoms with Crippen molar-refractivity contribution >= 4 is 23.2 Å². The minimum atomic E-state index is -1.46. The van der Waals surface area contributed by atoms with Gasteiger partial charge in [0.1, 0.15) is 17.9 Å². The molecule has 1 fully saturated rings. The molecular formula is C25H30FN7O3S. The van der Waals surface area contributed by atoms with E-state index in [1.165, 1.54) is 18.0 Å². The summed E-state index contributed by atoms with van der Waals surface area (Å²) in [7, 11) is 1.18. The number of aromatic nitrogens is 3. The van der Waals surface area contributed by atoms with Gasteiger partial charge in [0.05, 0.1) is 35.9 Å². The van der Waals surface area contributed by atoms with Gasteiger partial charge < -0.3 is 15.6 Å². The Hall–Kier alpha value is -3.37. The summed E-state index contributed by atoms with van der Waals surface area (Å²) in [4.78, 5) is 18.3. The van der Waals surface area contributed by atoms with Crippen LogP contribution >= 0.6 is 11.3 Å². The van der Waals surface area contributed by atoms with Crippen molar-refractivity contribution in [3.8, 4) is 17.3 Å². The molecule has 1 aliphatic heterocycles. The zero-order valence-electron chi connectivity index (χ0n) is 20.7. The molecule has 1 saturated heterocycles. The summed E-state index contributed by atoms with van der Waals surface area (Å²) in [6.07, 6.45) is -1.24. The van der Waals surface area contributed by atoms with Crippen molar-refractivity contribution in [3.63, 3.8) is 0 Å². The molecule has 4 rings (SSSR count). The maximum absolute atomic E-state index is 15.9. The van der Waals surface area contributed by atoms with Gasteiger partial charge in [-0.3, -0.25) is 14.9 Å². The largest absolute Gasteiger partial charge is 0.453 e. The lowest BCUT2D eigenvalue weighted by Gasteiger charge is -2.43. The van der Waals surface area contributed by atoms with Gasteiger partial charge in [-0.1, -0.05) is 31.2 Å². The summed E-state index contributed by atoms with van der Waals surface area (Å²) >= 11 is 1.65. The van der Waals surface area contributed by atoms with E-state index in [4.69, 9.17) is 5.73 Å². The summed E-state index contributed by atoms with van der Waals surface area (Å²) in [5, 5.41) is 29.3. The molecular weight excluding hydrogens is 497 g/mol. The van der Waals surface area contributed by atoms with Gasteiger partial charge in [0, 0.05) is 36.8 Å². The molecule has 37 heavy (non-hydrogen) atoms. The number of hydrogen-bond acceptors (Lipinski definition) is 9. The summed E-state index contributed by atoms with van der Waals surface area (Å²) < 4.78 is 21.8. The summed E-state index contributed by atoms with van der Waals surface area (Å²) in [6.45, 7) is 3.26. The Morgan fingerprint density at radius 1 is 1.46 bits per heavy atom. The Balaban J connectivity index is 1.49. The van der Waals surface area contributed by atoms with Crippen molar-refractivity contribution in [1.82, 2.24) is 19.7 Å². The third-order valence-electron chi connectivity index (χ3n) is 6.68. The maximum Gasteiger partial charge on any atom is 0.412 e. The molecule has 3 atom stereocenters. The molecule has 0 bridgehead atoms. The van der Waals surface area contributed by atoms with Crippen LogP contribution in [0.15, 0.2) is 35.8 Å². The maximum atomic E-state index is 15.9. The minimum absolute atomic E-state index is 0.0416. The second kappa shape index (κ2) is 11.4. The highest BCUT2D eigenvalue weighted by atomic mass is 32.1. The first-order valence-corrected chi connectivity index (χ1v) is 12.8. The predicted octanol–water partition coefficient (Wildman–Crippen LogP) is 3.55. The third kappa shape index (κ3) is 5.65. The zero-order chi connectivity index (χ0) is 26.6. The van der Waals surface area contributed by atoms with Crippen LogP contribution in [0.4, 0.5) is 15.0 Å². The number of nitriles is 1. The van der Waals surface area contributed by atoms with E-state index in [0.717, 1.165) is 28.2 Å². The Morgan fingerprint density at radius 2 is 2.22 bits per heavy atom. The molecule has 196 valence electrons. The molecule has 1 aliphatic rings. The van der Waals surface area contributed by atoms with Gasteiger partial charge in [0.25, 0.3) is 0 Å². The van der Waals surface area contributed by atoms with Gasteiger partial charge in [-0.25, -0.2) is 14.2 Å². The number of amides is 1. The van der Waals surface area contributed by atoms with Crippen LogP contribution in [-0.2, 0) is 23.2 Å². The third-order valence-corrected chi connectivity index (χ3v) is 7.67. The van der Waals surface area contributed by atoms with Crippen molar-refractivity contribution in [2.45, 2.75) is 50.7 Å². The molecule has 0 radical (unpaired) electrons. The van der Waals surface area contributed by atoms with E-state index in [-0.39, 0.29) is 24.3 Å². The summed E-state index contributed by atoms with van der Waals surface area (Å²) in [5.74, 6) is -0.0416. The molecule has 1 aromatic carbocycles. The number of nitrogens with one attached hydrogen (secondary N) is 1. The van der Waals surface area contributed by atoms with Crippen molar-refractivity contribution in [3.05, 3.63) is 52.0 Å². The molecule has 0 aliphatic carbocycles. The number of hydrogen-bond donors (Lipinski definition) is 3. The highest BCUT2D eigenvalue weighted by molar-refractivity contribution is 7.09. The van der Waals surface area contributed by atoms with Gasteiger partial charge in [-0.05, 0) is 18.4 Å². The number of alkyl halides is 1. The number of nitrogens with zero attached hydrogens (tertiary/aromatic N) is 5. The molecule has 3 aromatic rings. The van der Waals surface area contributed by atoms with E-state index in [2.05, 4.69) is 38.5 Å². The number of aliphatic hydroxyl groups excluding tert-OH is 1. The number of anilines is 1. The fraction of sp³-hybridized carbons (Fsp3) is 0.440. The molecule has 10 nitrogen and oxygen atoms in total. The van der Waals surface area contributed by atoms with Gasteiger partial charge in [-0.2, -0.15) is 10.4 Å². The van der Waals surface area contributed by atoms with E-state index in [1.54, 1.807) is 11.3 Å². The minimum Gasteiger partial charge on any atom is -0.453 e. The van der Waals surface area contributed by atoms with Crippen molar-refractivity contribution < 1.29 is 19.0 Å². The van der Waals surface area contributed by atoms with E-state index in [0.29, 0.717) is 19.5 Å². The molecule has 1 amide bonds. The number of thiazole rings is 1. The topological polar surface area (TPSA) is 142 Å². The van der Waals surface area contributed by atoms with Crippen LogP contribution in [0.5, 0.6) is 0 Å². The Bertz CT molecular complexity index is 1270. The second-order valence-electron chi connectivity index (χ2n) is 9.01. The van der Waals surface area contributed by atoms with Crippen LogP contribution in [0.25, 0.3) is 11.3 Å². The average Bonchev–Trinajstić information content (AvgIpc) is 3.54. The van der Waals surface area contributed by atoms with Crippen LogP contribution in [0.3, 0.4) is 0 Å². The van der Waals surface area contributed by atoms with Gasteiger partial charge in [0.2, 0.25) is 0 Å². The van der Waals surface area contributed by atoms with Gasteiger partial charge in [-0.15, -0.1) is 11.3 Å². The highest BCUT2D eigenvalue weighted by Gasteiger charge is 2.46. The molecule has 0 spiro atoms. The van der Waals surface area contributed by atoms with Crippen molar-refractivity contribution in [2.75, 3.05) is 25.5 Å². The molecule has 4 N–H and O–H groups in total. The van der Waals surface area contributed by atoms with Gasteiger partial charge in [0.15, 0.2) is 5.82 Å². The smallest absolute Gasteiger partial charge is 0.412 e. The zero-order valence-corrected chi connectivity index (χ0v) is 21.5. The van der Waals surface area contributed by atoms with Crippen LogP contribution in [0.2, 0.25) is 0 Å². The number of aliphatic hydroxyl groups is 1. The number of halogens is 1. The van der Waals surface area contributed by atoms with E-state index in [1.807, 2.05) is 29.2 Å². The fourth-order valence-corrected chi connectivity index (χ4v) is 5.29. The number of rotatable bonds is 8. The lowest BCUT2D eigenvalue weighted by molar-refractivity contribution is 0.00680. The average molecular weight is 528 g/mol. The Morgan fingerprint density at radius 3 is 2.81 bits per heavy atom. The SMILES string of the molecule is CCc1nc(-c2ccc(CN3CCC(CC#N)(n4cc(C(N)O)c(NC(=O)OC)n4)C(F)C3)cc2)cs1. The predicted molar refractivity (Wildman–Crippen MR) is 137 cm³/mol. The summed E-state index contributed by atoms with van der Waals surface area (Å²) in [5.41, 5.74) is 7.51. The van der Waals surface area contributed by atoms with Crippen molar-refractivity contribution in [2.24, 2.45) is 5.73 Å². The first-order chi connectivity index (χ1) is 17.8. The molecule has 2 aromatic heterocycles. The quantitative estimate of drug-likeness (QED) is 0.378. The number of aryl methyl sites for hydroxylation is 1. The normalized spacial score (nSPS) is 20.8. The van der Waals surface area contributed by atoms with Crippen LogP contribution in [0, 0.1) is 11.3 Å². The molecule has 3 heterocycles. The number of methoxy groups -OCH3 is 1. The van der Waals surface area contributed by atoms with E-state index in [9.17, 15) is 15.2 Å². The van der Waals surface area contributed by atoms with E-state index >= 15 is 4.39 Å². The van der Waals surface area contributed by atoms with Gasteiger partial charge >= 0.3 is 6.09 Å². The first kappa shape index (κ1) is 26.7. The number of benzene rings is 1. The number of carbonyl (C=O) groups excluding carboxylic acids is 1. The second-order valence-corrected chi connectivity index (χ2v) is 9.95. The first-order valence-electron chi connectivity index (χ1n) is 12.0. The summed E-state index contributed by atoms with van der Waals surface area (Å²) in [6, 6.07) is 10.2. The van der Waals surface area contributed by atoms with Crippen molar-refractivity contribution in [1.29, 1.82) is 5.26 Å². The Labute approximate surface area is 218 Å². The Kier molecular flexibility index (Phi) is 8.19. The fourth-order valence-electron chi connectivity index (χ4n) is 4.54. The number of carbonyl (C=O) groups is 1. The van der Waals surface area contributed by atoms with E-state index < -0.39 is 24.0 Å². The molecule has 0 saturated carbocycles.